The molecule has 27 heavy (non-hydrogen) atoms. The number of rotatable bonds is 4. The van der Waals surface area contributed by atoms with E-state index >= 15 is 0 Å². The van der Waals surface area contributed by atoms with Crippen molar-refractivity contribution in [2.24, 2.45) is 0 Å². The van der Waals surface area contributed by atoms with Crippen LogP contribution in [0.4, 0.5) is 4.39 Å². The minimum atomic E-state index is -0.149. The Balaban J connectivity index is 1.33. The van der Waals surface area contributed by atoms with Crippen molar-refractivity contribution in [1.29, 1.82) is 0 Å². The Kier molecular flexibility index (Phi) is 5.60. The number of nitrogens with zero attached hydrogens (tertiary/aromatic N) is 1. The lowest BCUT2D eigenvalue weighted by atomic mass is 9.68. The van der Waals surface area contributed by atoms with Gasteiger partial charge in [-0.1, -0.05) is 42.5 Å². The molecular weight excluding hydrogens is 337 g/mol. The molecule has 1 heterocycles. The molecule has 144 valence electrons. The van der Waals surface area contributed by atoms with Crippen LogP contribution in [-0.2, 0) is 5.41 Å². The number of piperidine rings is 1. The van der Waals surface area contributed by atoms with Gasteiger partial charge in [-0.2, -0.15) is 0 Å². The summed E-state index contributed by atoms with van der Waals surface area (Å²) in [7, 11) is 0. The minimum absolute atomic E-state index is 0.0514. The first-order chi connectivity index (χ1) is 13.2. The Bertz CT molecular complexity index is 714. The molecule has 0 spiro atoms. The summed E-state index contributed by atoms with van der Waals surface area (Å²) in [6.45, 7) is 2.50. The van der Waals surface area contributed by atoms with Crippen LogP contribution in [0.2, 0.25) is 0 Å². The molecule has 0 amide bonds. The van der Waals surface area contributed by atoms with Gasteiger partial charge in [-0.3, -0.25) is 0 Å². The topological polar surface area (TPSA) is 23.5 Å². The number of likely N-dealkylation sites (tertiary alicyclic amines) is 1. The number of halogens is 1. The highest BCUT2D eigenvalue weighted by atomic mass is 19.1. The third-order valence-corrected chi connectivity index (χ3v) is 6.99. The van der Waals surface area contributed by atoms with Crippen molar-refractivity contribution < 1.29 is 9.50 Å². The monoisotopic (exact) mass is 367 g/mol. The van der Waals surface area contributed by atoms with Gasteiger partial charge in [0.1, 0.15) is 5.82 Å². The van der Waals surface area contributed by atoms with E-state index in [9.17, 15) is 9.50 Å². The highest BCUT2D eigenvalue weighted by molar-refractivity contribution is 5.26. The molecule has 0 atom stereocenters. The molecule has 1 aliphatic carbocycles. The minimum Gasteiger partial charge on any atom is -0.395 e. The van der Waals surface area contributed by atoms with Crippen LogP contribution < -0.4 is 0 Å². The lowest BCUT2D eigenvalue weighted by Gasteiger charge is -2.45. The second-order valence-electron chi connectivity index (χ2n) is 8.40. The van der Waals surface area contributed by atoms with Gasteiger partial charge in [0.25, 0.3) is 0 Å². The van der Waals surface area contributed by atoms with Gasteiger partial charge in [0.2, 0.25) is 0 Å². The zero-order valence-corrected chi connectivity index (χ0v) is 16.0. The van der Waals surface area contributed by atoms with E-state index in [0.717, 1.165) is 51.6 Å². The summed E-state index contributed by atoms with van der Waals surface area (Å²) < 4.78 is 13.1. The molecule has 0 bridgehead atoms. The highest BCUT2D eigenvalue weighted by Crippen LogP contribution is 2.41. The summed E-state index contributed by atoms with van der Waals surface area (Å²) in [5, 5.41) is 10.1. The third kappa shape index (κ3) is 3.95. The van der Waals surface area contributed by atoms with Crippen LogP contribution in [0.3, 0.4) is 0 Å². The SMILES string of the molecule is OC[C@]1(c2ccccc2)CC[C@@H](N2CCC(c3ccc(F)cc3)CC2)CC1. The normalized spacial score (nSPS) is 27.6. The lowest BCUT2D eigenvalue weighted by Crippen LogP contribution is -2.46. The van der Waals surface area contributed by atoms with Gasteiger partial charge in [0, 0.05) is 11.5 Å². The molecule has 0 unspecified atom stereocenters. The smallest absolute Gasteiger partial charge is 0.123 e. The molecule has 3 heteroatoms. The molecule has 1 N–H and O–H groups in total. The number of benzene rings is 2. The summed E-state index contributed by atoms with van der Waals surface area (Å²) >= 11 is 0. The van der Waals surface area contributed by atoms with E-state index in [0.29, 0.717) is 12.0 Å². The molecule has 1 saturated carbocycles. The molecule has 2 fully saturated rings. The Morgan fingerprint density at radius 2 is 1.52 bits per heavy atom. The number of aliphatic hydroxyl groups excluding tert-OH is 1. The number of hydrogen-bond acceptors (Lipinski definition) is 2. The van der Waals surface area contributed by atoms with Gasteiger partial charge in [0.15, 0.2) is 0 Å². The van der Waals surface area contributed by atoms with Crippen LogP contribution in [0.15, 0.2) is 54.6 Å². The van der Waals surface area contributed by atoms with E-state index in [4.69, 9.17) is 0 Å². The maximum Gasteiger partial charge on any atom is 0.123 e. The van der Waals surface area contributed by atoms with Crippen LogP contribution >= 0.6 is 0 Å². The lowest BCUT2D eigenvalue weighted by molar-refractivity contribution is 0.0738. The molecule has 2 nitrogen and oxygen atoms in total. The van der Waals surface area contributed by atoms with Gasteiger partial charge < -0.3 is 10.0 Å². The Morgan fingerprint density at radius 3 is 2.11 bits per heavy atom. The van der Waals surface area contributed by atoms with Crippen LogP contribution in [0.5, 0.6) is 0 Å². The quantitative estimate of drug-likeness (QED) is 0.833. The van der Waals surface area contributed by atoms with E-state index < -0.39 is 0 Å². The van der Waals surface area contributed by atoms with Crippen molar-refractivity contribution in [3.63, 3.8) is 0 Å². The average molecular weight is 368 g/mol. The van der Waals surface area contributed by atoms with Crippen LogP contribution in [0.1, 0.15) is 55.6 Å². The Labute approximate surface area is 162 Å². The number of hydrogen-bond donors (Lipinski definition) is 1. The Morgan fingerprint density at radius 1 is 0.889 bits per heavy atom. The van der Waals surface area contributed by atoms with Crippen molar-refractivity contribution in [2.45, 2.75) is 55.9 Å². The first kappa shape index (κ1) is 18.6. The fourth-order valence-electron chi connectivity index (χ4n) is 5.18. The zero-order valence-electron chi connectivity index (χ0n) is 16.0. The largest absolute Gasteiger partial charge is 0.395 e. The van der Waals surface area contributed by atoms with E-state index in [-0.39, 0.29) is 17.8 Å². The summed E-state index contributed by atoms with van der Waals surface area (Å²) in [5.74, 6) is 0.412. The Hall–Kier alpha value is -1.71. The fourth-order valence-corrected chi connectivity index (χ4v) is 5.18. The van der Waals surface area contributed by atoms with Gasteiger partial charge in [0.05, 0.1) is 6.61 Å². The highest BCUT2D eigenvalue weighted by Gasteiger charge is 2.38. The summed E-state index contributed by atoms with van der Waals surface area (Å²) in [4.78, 5) is 2.66. The van der Waals surface area contributed by atoms with Crippen LogP contribution in [0, 0.1) is 5.82 Å². The van der Waals surface area contributed by atoms with Gasteiger partial charge in [-0.25, -0.2) is 4.39 Å². The molecule has 0 radical (unpaired) electrons. The number of aliphatic hydroxyl groups is 1. The average Bonchev–Trinajstić information content (AvgIpc) is 2.75. The predicted octanol–water partition coefficient (Wildman–Crippen LogP) is 4.88. The summed E-state index contributed by atoms with van der Waals surface area (Å²) in [6.07, 6.45) is 6.78. The molecule has 2 aliphatic rings. The van der Waals surface area contributed by atoms with Gasteiger partial charge >= 0.3 is 0 Å². The maximum atomic E-state index is 13.1. The first-order valence-corrected chi connectivity index (χ1v) is 10.4. The van der Waals surface area contributed by atoms with Crippen molar-refractivity contribution in [2.75, 3.05) is 19.7 Å². The molecule has 2 aromatic carbocycles. The van der Waals surface area contributed by atoms with Crippen LogP contribution in [-0.4, -0.2) is 35.7 Å². The second kappa shape index (κ2) is 8.12. The van der Waals surface area contributed by atoms with Crippen LogP contribution in [0.25, 0.3) is 0 Å². The standard InChI is InChI=1S/C24H30FNO/c25-22-8-6-19(7-9-22)20-12-16-26(17-13-20)23-10-14-24(18-27,15-11-23)21-4-2-1-3-5-21/h1-9,20,23,27H,10-18H2/t23-,24+. The fraction of sp³-hybridized carbons (Fsp3) is 0.500. The van der Waals surface area contributed by atoms with Gasteiger partial charge in [-0.15, -0.1) is 0 Å². The van der Waals surface area contributed by atoms with E-state index in [2.05, 4.69) is 29.2 Å². The molecule has 1 saturated heterocycles. The molecular formula is C24H30FNO. The van der Waals surface area contributed by atoms with E-state index in [1.54, 1.807) is 12.1 Å². The van der Waals surface area contributed by atoms with Gasteiger partial charge in [-0.05, 0) is 80.8 Å². The second-order valence-corrected chi connectivity index (χ2v) is 8.40. The van der Waals surface area contributed by atoms with Crippen molar-refractivity contribution in [3.8, 4) is 0 Å². The maximum absolute atomic E-state index is 13.1. The van der Waals surface area contributed by atoms with Crippen molar-refractivity contribution >= 4 is 0 Å². The van der Waals surface area contributed by atoms with Crippen molar-refractivity contribution in [1.82, 2.24) is 4.90 Å². The zero-order chi connectivity index (χ0) is 18.7. The third-order valence-electron chi connectivity index (χ3n) is 6.99. The van der Waals surface area contributed by atoms with Crippen molar-refractivity contribution in [3.05, 3.63) is 71.5 Å². The predicted molar refractivity (Wildman–Crippen MR) is 107 cm³/mol. The molecule has 2 aromatic rings. The molecule has 1 aliphatic heterocycles. The summed E-state index contributed by atoms with van der Waals surface area (Å²) in [5.41, 5.74) is 2.52. The first-order valence-electron chi connectivity index (χ1n) is 10.4. The van der Waals surface area contributed by atoms with E-state index in [1.165, 1.54) is 11.1 Å². The van der Waals surface area contributed by atoms with E-state index in [1.807, 2.05) is 18.2 Å². The summed E-state index contributed by atoms with van der Waals surface area (Å²) in [6, 6.07) is 18.3. The molecule has 4 rings (SSSR count). The molecule has 0 aromatic heterocycles.